The van der Waals surface area contributed by atoms with Gasteiger partial charge in [0.15, 0.2) is 10.8 Å². The Morgan fingerprint density at radius 3 is 2.91 bits per heavy atom. The molecular formula is C5H2Cl2N4. The highest BCUT2D eigenvalue weighted by Gasteiger charge is 2.04. The zero-order valence-electron chi connectivity index (χ0n) is 5.17. The number of rotatable bonds is 0. The summed E-state index contributed by atoms with van der Waals surface area (Å²) in [5.41, 5.74) is 1.09. The molecule has 0 atom stereocenters. The van der Waals surface area contributed by atoms with E-state index < -0.39 is 0 Å². The van der Waals surface area contributed by atoms with E-state index in [1.165, 1.54) is 6.33 Å². The number of H-pyrrole nitrogens is 1. The number of nitrogens with zero attached hydrogens (tertiary/aromatic N) is 3. The molecule has 0 aliphatic rings. The average molecular weight is 193 g/mol. The van der Waals surface area contributed by atoms with Crippen LogP contribution in [-0.4, -0.2) is 19.9 Å². The maximum absolute atomic E-state index is 5.70. The number of aromatic amines is 1. The quantitative estimate of drug-likeness (QED) is 0.511. The summed E-state index contributed by atoms with van der Waals surface area (Å²) in [6, 6.07) is 0. The third kappa shape index (κ3) is 1.04. The van der Waals surface area contributed by atoms with E-state index in [1.807, 2.05) is 0 Å². The predicted octanol–water partition coefficient (Wildman–Crippen LogP) is 1.66. The first-order chi connectivity index (χ1) is 5.27. The molecule has 0 saturated heterocycles. The average Bonchev–Trinajstić information content (AvgIpc) is 2.34. The number of fused-ring (bicyclic) bond motifs is 1. The lowest BCUT2D eigenvalue weighted by atomic mass is 10.6. The van der Waals surface area contributed by atoms with Crippen LogP contribution in [0.15, 0.2) is 6.33 Å². The van der Waals surface area contributed by atoms with Crippen molar-refractivity contribution in [2.45, 2.75) is 0 Å². The number of hydrogen-bond acceptors (Lipinski definition) is 3. The SMILES string of the molecule is Clc1[15n]c(Cl)c2[15nH][13cH]nc2[15n]1. The number of aromatic nitrogens is 4. The molecule has 6 heteroatoms. The van der Waals surface area contributed by atoms with Gasteiger partial charge in [0, 0.05) is 0 Å². The Morgan fingerprint density at radius 2 is 2.09 bits per heavy atom. The molecule has 0 radical (unpaired) electrons. The highest BCUT2D eigenvalue weighted by molar-refractivity contribution is 6.35. The second-order valence-corrected chi connectivity index (χ2v) is 2.58. The summed E-state index contributed by atoms with van der Waals surface area (Å²) in [5.74, 6) is 0. The Bertz CT molecular complexity index is 396. The van der Waals surface area contributed by atoms with Crippen molar-refractivity contribution in [3.05, 3.63) is 16.8 Å². The first-order valence-electron chi connectivity index (χ1n) is 2.79. The molecule has 0 fully saturated rings. The van der Waals surface area contributed by atoms with Crippen LogP contribution in [0.5, 0.6) is 0 Å². The van der Waals surface area contributed by atoms with Crippen molar-refractivity contribution < 1.29 is 0 Å². The summed E-state index contributed by atoms with van der Waals surface area (Å²) in [4.78, 5) is 14.2. The normalized spacial score (nSPS) is 10.7. The van der Waals surface area contributed by atoms with E-state index in [0.717, 1.165) is 0 Å². The number of imidazole rings is 1. The van der Waals surface area contributed by atoms with Crippen LogP contribution in [-0.2, 0) is 0 Å². The third-order valence-electron chi connectivity index (χ3n) is 1.21. The van der Waals surface area contributed by atoms with E-state index in [2.05, 4.69) is 19.9 Å². The molecule has 2 rings (SSSR count). The van der Waals surface area contributed by atoms with Crippen molar-refractivity contribution in [3.63, 3.8) is 0 Å². The lowest BCUT2D eigenvalue weighted by Crippen LogP contribution is -1.84. The summed E-state index contributed by atoms with van der Waals surface area (Å²) in [7, 11) is 0. The Morgan fingerprint density at radius 1 is 1.27 bits per heavy atom. The van der Waals surface area contributed by atoms with Crippen LogP contribution in [0, 0.1) is 0 Å². The number of hydrogen-bond donors (Lipinski definition) is 1. The van der Waals surface area contributed by atoms with E-state index in [1.54, 1.807) is 0 Å². The van der Waals surface area contributed by atoms with Crippen LogP contribution < -0.4 is 0 Å². The lowest BCUT2D eigenvalue weighted by Gasteiger charge is -1.90. The highest BCUT2D eigenvalue weighted by Crippen LogP contribution is 2.17. The molecule has 2 aromatic rings. The molecular weight excluding hydrogens is 191 g/mol. The molecule has 2 aromatic heterocycles. The Kier molecular flexibility index (Phi) is 1.44. The molecule has 0 aromatic carbocycles. The van der Waals surface area contributed by atoms with E-state index in [0.29, 0.717) is 11.2 Å². The van der Waals surface area contributed by atoms with Crippen LogP contribution in [0.2, 0.25) is 10.4 Å². The zero-order valence-corrected chi connectivity index (χ0v) is 6.69. The van der Waals surface area contributed by atoms with Gasteiger partial charge in [0.1, 0.15) is 5.52 Å². The van der Waals surface area contributed by atoms with Crippen molar-refractivity contribution in [3.8, 4) is 0 Å². The van der Waals surface area contributed by atoms with Crippen molar-refractivity contribution in [2.75, 3.05) is 0 Å². The minimum atomic E-state index is 0.106. The van der Waals surface area contributed by atoms with Crippen LogP contribution in [0.25, 0.3) is 11.2 Å². The first-order valence-corrected chi connectivity index (χ1v) is 3.55. The summed E-state index contributed by atoms with van der Waals surface area (Å²) in [6.45, 7) is 0. The first kappa shape index (κ1) is 6.82. The van der Waals surface area contributed by atoms with Crippen molar-refractivity contribution in [1.29, 1.82) is 0 Å². The maximum Gasteiger partial charge on any atom is 0.225 e. The van der Waals surface area contributed by atoms with Crippen molar-refractivity contribution >= 4 is 34.4 Å². The van der Waals surface area contributed by atoms with Gasteiger partial charge in [-0.15, -0.1) is 0 Å². The second kappa shape index (κ2) is 2.32. The fourth-order valence-corrected chi connectivity index (χ4v) is 1.20. The van der Waals surface area contributed by atoms with Gasteiger partial charge >= 0.3 is 0 Å². The third-order valence-corrected chi connectivity index (χ3v) is 1.66. The highest BCUT2D eigenvalue weighted by atomic mass is 35.5. The predicted molar refractivity (Wildman–Crippen MR) is 41.7 cm³/mol. The zero-order chi connectivity index (χ0) is 7.84. The van der Waals surface area contributed by atoms with Crippen molar-refractivity contribution in [2.24, 2.45) is 0 Å². The molecule has 2 heterocycles. The minimum absolute atomic E-state index is 0.106. The molecule has 0 spiro atoms. The molecule has 56 valence electrons. The van der Waals surface area contributed by atoms with E-state index >= 15 is 0 Å². The van der Waals surface area contributed by atoms with Gasteiger partial charge in [-0.1, -0.05) is 11.6 Å². The topological polar surface area (TPSA) is 54.5 Å². The van der Waals surface area contributed by atoms with E-state index in [4.69, 9.17) is 23.2 Å². The molecule has 4 nitrogen and oxygen atoms in total. The lowest BCUT2D eigenvalue weighted by molar-refractivity contribution is 1.20. The van der Waals surface area contributed by atoms with E-state index in [-0.39, 0.29) is 10.4 Å². The summed E-state index contributed by atoms with van der Waals surface area (Å²) in [5, 5.41) is 0.395. The van der Waals surface area contributed by atoms with E-state index in [9.17, 15) is 0 Å². The van der Waals surface area contributed by atoms with Gasteiger partial charge in [0.2, 0.25) is 5.28 Å². The molecule has 11 heavy (non-hydrogen) atoms. The summed E-state index contributed by atoms with van der Waals surface area (Å²) in [6.07, 6.45) is 1.49. The van der Waals surface area contributed by atoms with Gasteiger partial charge in [-0.05, 0) is 11.6 Å². The monoisotopic (exact) mass is 192 g/mol. The van der Waals surface area contributed by atoms with Gasteiger partial charge in [0.25, 0.3) is 0 Å². The standard InChI is InChI=1S/C5H2Cl2N4/c6-3-2-4(9-1-8-2)11-5(7)10-3/h1H,(H,8,9,10,11)/i1+1,8+1,10+1,11+1. The van der Waals surface area contributed by atoms with Gasteiger partial charge in [0.05, 0.1) is 6.33 Å². The van der Waals surface area contributed by atoms with Crippen LogP contribution in [0.3, 0.4) is 0 Å². The van der Waals surface area contributed by atoms with Gasteiger partial charge in [-0.2, -0.15) is 4.98 Å². The molecule has 1 N–H and O–H groups in total. The molecule has 0 bridgehead atoms. The van der Waals surface area contributed by atoms with Crippen molar-refractivity contribution in [1.82, 2.24) is 19.9 Å². The largest absolute Gasteiger partial charge is 0.341 e. The van der Waals surface area contributed by atoms with Crippen LogP contribution in [0.1, 0.15) is 0 Å². The summed E-state index contributed by atoms with van der Waals surface area (Å²) >= 11 is 11.2. The number of halogens is 2. The fourth-order valence-electron chi connectivity index (χ4n) is 0.773. The molecule has 0 aliphatic carbocycles. The molecule has 0 unspecified atom stereocenters. The maximum atomic E-state index is 5.70. The minimum Gasteiger partial charge on any atom is -0.341 e. The van der Waals surface area contributed by atoms with Crippen LogP contribution >= 0.6 is 23.2 Å². The van der Waals surface area contributed by atoms with Gasteiger partial charge < -0.3 is 4.98 Å². The molecule has 0 amide bonds. The van der Waals surface area contributed by atoms with Gasteiger partial charge in [-0.25, -0.2) is 9.97 Å². The smallest absolute Gasteiger partial charge is 0.225 e. The summed E-state index contributed by atoms with van der Waals surface area (Å²) < 4.78 is 0. The van der Waals surface area contributed by atoms with Crippen LogP contribution in [0.4, 0.5) is 0 Å². The Balaban J connectivity index is 2.91. The number of nitrogens with one attached hydrogen (secondary N) is 1. The Hall–Kier alpha value is -0.870. The molecule has 0 aliphatic heterocycles. The Labute approximate surface area is 71.6 Å². The van der Waals surface area contributed by atoms with Gasteiger partial charge in [-0.3, -0.25) is 0 Å². The fraction of sp³-hybridized carbons (Fsp3) is 0. The molecule has 0 saturated carbocycles. The second-order valence-electron chi connectivity index (χ2n) is 1.88.